The molecular weight excluding hydrogens is 446 g/mol. The molecule has 1 atom stereocenters. The number of nitro groups is 1. The summed E-state index contributed by atoms with van der Waals surface area (Å²) in [5, 5.41) is 21.3. The van der Waals surface area contributed by atoms with Crippen LogP contribution in [0.4, 0.5) is 5.69 Å². The Kier molecular flexibility index (Phi) is 5.93. The number of nitrogens with zero attached hydrogens (tertiary/aromatic N) is 3. The standard InChI is InChI=1S/C23H19N3O6S/c1-3-16-19(22(29)32-2)20(13-7-5-4-6-8-13)25-21(28)18(33-23(25)24-16)12-14-11-15(26(30)31)9-10-17(14)27/h4-12,20,27H,3H2,1-2H3/b18-12+/t20-/m0/s1. The van der Waals surface area contributed by atoms with Gasteiger partial charge in [-0.25, -0.2) is 9.79 Å². The van der Waals surface area contributed by atoms with Gasteiger partial charge in [0.05, 0.1) is 33.9 Å². The van der Waals surface area contributed by atoms with E-state index in [1.807, 2.05) is 37.3 Å². The van der Waals surface area contributed by atoms with Crippen LogP contribution >= 0.6 is 11.3 Å². The molecule has 0 fully saturated rings. The summed E-state index contributed by atoms with van der Waals surface area (Å²) in [4.78, 5) is 41.7. The number of carbonyl (C=O) groups is 1. The number of allylic oxidation sites excluding steroid dienone is 1. The van der Waals surface area contributed by atoms with Gasteiger partial charge in [0.15, 0.2) is 4.80 Å². The number of hydrogen-bond acceptors (Lipinski definition) is 8. The van der Waals surface area contributed by atoms with Gasteiger partial charge in [0.25, 0.3) is 11.2 Å². The molecule has 9 nitrogen and oxygen atoms in total. The summed E-state index contributed by atoms with van der Waals surface area (Å²) in [5.74, 6) is -0.773. The molecule has 1 aliphatic heterocycles. The first kappa shape index (κ1) is 22.2. The topological polar surface area (TPSA) is 124 Å². The van der Waals surface area contributed by atoms with Crippen molar-refractivity contribution in [1.82, 2.24) is 4.57 Å². The number of fused-ring (bicyclic) bond motifs is 1. The van der Waals surface area contributed by atoms with Crippen molar-refractivity contribution in [2.45, 2.75) is 19.4 Å². The number of benzene rings is 2. The molecule has 0 saturated carbocycles. The van der Waals surface area contributed by atoms with Gasteiger partial charge in [-0.3, -0.25) is 19.5 Å². The van der Waals surface area contributed by atoms with E-state index in [0.29, 0.717) is 22.5 Å². The van der Waals surface area contributed by atoms with Crippen LogP contribution in [-0.2, 0) is 9.53 Å². The number of nitro benzene ring substituents is 1. The third kappa shape index (κ3) is 3.96. The van der Waals surface area contributed by atoms with E-state index in [4.69, 9.17) is 4.74 Å². The molecule has 0 unspecified atom stereocenters. The summed E-state index contributed by atoms with van der Waals surface area (Å²) < 4.78 is 6.65. The number of ether oxygens (including phenoxy) is 1. The summed E-state index contributed by atoms with van der Waals surface area (Å²) in [7, 11) is 1.28. The molecule has 0 amide bonds. The average molecular weight is 465 g/mol. The van der Waals surface area contributed by atoms with Gasteiger partial charge in [-0.2, -0.15) is 0 Å². The van der Waals surface area contributed by atoms with Crippen molar-refractivity contribution in [3.63, 3.8) is 0 Å². The predicted octanol–water partition coefficient (Wildman–Crippen LogP) is 2.41. The molecule has 0 spiro atoms. The molecule has 1 aromatic heterocycles. The lowest BCUT2D eigenvalue weighted by Crippen LogP contribution is -2.40. The maximum atomic E-state index is 13.5. The second-order valence-electron chi connectivity index (χ2n) is 7.20. The van der Waals surface area contributed by atoms with Crippen LogP contribution in [0.3, 0.4) is 0 Å². The number of thiazole rings is 1. The average Bonchev–Trinajstić information content (AvgIpc) is 3.13. The first-order valence-corrected chi connectivity index (χ1v) is 10.8. The second kappa shape index (κ2) is 8.83. The third-order valence-electron chi connectivity index (χ3n) is 5.27. The molecule has 4 rings (SSSR count). The molecule has 1 N–H and O–H groups in total. The minimum absolute atomic E-state index is 0.133. The van der Waals surface area contributed by atoms with Crippen molar-refractivity contribution < 1.29 is 19.6 Å². The first-order chi connectivity index (χ1) is 15.8. The van der Waals surface area contributed by atoms with Gasteiger partial charge < -0.3 is 9.84 Å². The van der Waals surface area contributed by atoms with E-state index in [1.54, 1.807) is 0 Å². The summed E-state index contributed by atoms with van der Waals surface area (Å²) in [5.41, 5.74) is 0.994. The van der Waals surface area contributed by atoms with Gasteiger partial charge in [-0.1, -0.05) is 48.6 Å². The van der Waals surface area contributed by atoms with Crippen molar-refractivity contribution in [3.8, 4) is 5.75 Å². The molecule has 1 aliphatic rings. The fraction of sp³-hybridized carbons (Fsp3) is 0.174. The van der Waals surface area contributed by atoms with Crippen LogP contribution in [-0.4, -0.2) is 27.7 Å². The van der Waals surface area contributed by atoms with Crippen LogP contribution in [0.1, 0.15) is 30.5 Å². The van der Waals surface area contributed by atoms with E-state index in [1.165, 1.54) is 36.0 Å². The molecule has 33 heavy (non-hydrogen) atoms. The third-order valence-corrected chi connectivity index (χ3v) is 6.26. The Morgan fingerprint density at radius 1 is 1.30 bits per heavy atom. The fourth-order valence-corrected chi connectivity index (χ4v) is 4.74. The molecular formula is C23H19N3O6S. The molecule has 3 aromatic rings. The van der Waals surface area contributed by atoms with Crippen molar-refractivity contribution in [1.29, 1.82) is 0 Å². The highest BCUT2D eigenvalue weighted by Crippen LogP contribution is 2.31. The van der Waals surface area contributed by atoms with Crippen LogP contribution in [0, 0.1) is 10.1 Å². The Bertz CT molecular complexity index is 1470. The Morgan fingerprint density at radius 2 is 2.03 bits per heavy atom. The largest absolute Gasteiger partial charge is 0.507 e. The number of aromatic hydroxyl groups is 1. The number of rotatable bonds is 5. The molecule has 2 heterocycles. The Balaban J connectivity index is 2.00. The van der Waals surface area contributed by atoms with Crippen molar-refractivity contribution >= 4 is 29.1 Å². The summed E-state index contributed by atoms with van der Waals surface area (Å²) in [6, 6.07) is 11.9. The second-order valence-corrected chi connectivity index (χ2v) is 8.21. The zero-order valence-electron chi connectivity index (χ0n) is 17.7. The van der Waals surface area contributed by atoms with Crippen LogP contribution in [0.5, 0.6) is 5.75 Å². The van der Waals surface area contributed by atoms with Crippen molar-refractivity contribution in [2.24, 2.45) is 4.99 Å². The SMILES string of the molecule is CCC1=C(C(=O)OC)[C@H](c2ccccc2)n2c(s/c(=C/c3cc([N+](=O)[O-])ccc3O)c2=O)=N1. The Morgan fingerprint density at radius 3 is 2.67 bits per heavy atom. The number of carbonyl (C=O) groups excluding carboxylic acids is 1. The predicted molar refractivity (Wildman–Crippen MR) is 122 cm³/mol. The molecule has 0 bridgehead atoms. The monoisotopic (exact) mass is 465 g/mol. The molecule has 10 heteroatoms. The lowest BCUT2D eigenvalue weighted by atomic mass is 9.95. The number of esters is 1. The Hall–Kier alpha value is -4.05. The van der Waals surface area contributed by atoms with Crippen LogP contribution in [0.2, 0.25) is 0 Å². The number of methoxy groups -OCH3 is 1. The Labute approximate surface area is 191 Å². The van der Waals surface area contributed by atoms with Crippen molar-refractivity contribution in [2.75, 3.05) is 7.11 Å². The van der Waals surface area contributed by atoms with Crippen LogP contribution in [0.25, 0.3) is 6.08 Å². The van der Waals surface area contributed by atoms with E-state index < -0.39 is 22.5 Å². The maximum Gasteiger partial charge on any atom is 0.338 e. The maximum absolute atomic E-state index is 13.5. The molecule has 2 aromatic carbocycles. The molecule has 168 valence electrons. The van der Waals surface area contributed by atoms with E-state index in [-0.39, 0.29) is 27.1 Å². The summed E-state index contributed by atoms with van der Waals surface area (Å²) >= 11 is 1.08. The minimum atomic E-state index is -0.745. The summed E-state index contributed by atoms with van der Waals surface area (Å²) in [6.07, 6.45) is 1.84. The van der Waals surface area contributed by atoms with Gasteiger partial charge in [-0.15, -0.1) is 0 Å². The number of phenolic OH excluding ortho intramolecular Hbond substituents is 1. The minimum Gasteiger partial charge on any atom is -0.507 e. The van der Waals surface area contributed by atoms with Crippen LogP contribution < -0.4 is 14.9 Å². The highest BCUT2D eigenvalue weighted by molar-refractivity contribution is 7.07. The van der Waals surface area contributed by atoms with Gasteiger partial charge in [0.1, 0.15) is 5.75 Å². The van der Waals surface area contributed by atoms with Gasteiger partial charge in [0.2, 0.25) is 0 Å². The van der Waals surface area contributed by atoms with Gasteiger partial charge in [-0.05, 0) is 24.1 Å². The number of phenols is 1. The highest BCUT2D eigenvalue weighted by Gasteiger charge is 2.33. The number of non-ortho nitro benzene ring substituents is 1. The quantitative estimate of drug-likeness (QED) is 0.351. The highest BCUT2D eigenvalue weighted by atomic mass is 32.1. The molecule has 0 aliphatic carbocycles. The molecule has 0 saturated heterocycles. The van der Waals surface area contributed by atoms with Crippen molar-refractivity contribution in [3.05, 3.63) is 101 Å². The number of aromatic nitrogens is 1. The lowest BCUT2D eigenvalue weighted by molar-refractivity contribution is -0.384. The van der Waals surface area contributed by atoms with E-state index >= 15 is 0 Å². The smallest absolute Gasteiger partial charge is 0.338 e. The fourth-order valence-electron chi connectivity index (χ4n) is 3.73. The number of hydrogen-bond donors (Lipinski definition) is 1. The zero-order valence-corrected chi connectivity index (χ0v) is 18.5. The van der Waals surface area contributed by atoms with Gasteiger partial charge in [0, 0.05) is 17.7 Å². The lowest BCUT2D eigenvalue weighted by Gasteiger charge is -2.25. The summed E-state index contributed by atoms with van der Waals surface area (Å²) in [6.45, 7) is 1.86. The molecule has 0 radical (unpaired) electrons. The first-order valence-electron chi connectivity index (χ1n) is 10.0. The van der Waals surface area contributed by atoms with Gasteiger partial charge >= 0.3 is 5.97 Å². The van der Waals surface area contributed by atoms with E-state index in [9.17, 15) is 24.8 Å². The van der Waals surface area contributed by atoms with E-state index in [0.717, 1.165) is 11.3 Å². The normalized spacial score (nSPS) is 15.7. The van der Waals surface area contributed by atoms with Crippen LogP contribution in [0.15, 0.2) is 69.6 Å². The zero-order chi connectivity index (χ0) is 23.7. The van der Waals surface area contributed by atoms with E-state index in [2.05, 4.69) is 4.99 Å².